The van der Waals surface area contributed by atoms with Gasteiger partial charge in [-0.05, 0) is 33.4 Å². The van der Waals surface area contributed by atoms with Crippen molar-refractivity contribution in [2.24, 2.45) is 0 Å². The summed E-state index contributed by atoms with van der Waals surface area (Å²) in [7, 11) is 4.30. The highest BCUT2D eigenvalue weighted by atomic mass is 16.5. The van der Waals surface area contributed by atoms with Crippen LogP contribution in [0.1, 0.15) is 168 Å². The van der Waals surface area contributed by atoms with Crippen LogP contribution in [0.25, 0.3) is 0 Å². The predicted octanol–water partition coefficient (Wildman–Crippen LogP) is 11.3. The molecule has 0 amide bonds. The number of nitrogens with zero attached hydrogens (tertiary/aromatic N) is 2. The molecule has 0 aliphatic heterocycles. The van der Waals surface area contributed by atoms with Crippen molar-refractivity contribution in [3.8, 4) is 0 Å². The second-order valence-corrected chi connectivity index (χ2v) is 12.3. The first kappa shape index (κ1) is 38.0. The number of ether oxygens (including phenoxy) is 1. The van der Waals surface area contributed by atoms with Gasteiger partial charge in [-0.15, -0.1) is 0 Å². The average Bonchev–Trinajstić information content (AvgIpc) is 2.92. The minimum absolute atomic E-state index is 0.724. The summed E-state index contributed by atoms with van der Waals surface area (Å²) in [6.07, 6.45) is 32.6. The fourth-order valence-electron chi connectivity index (χ4n) is 5.26. The lowest BCUT2D eigenvalue weighted by Gasteiger charge is -2.28. The van der Waals surface area contributed by atoms with Gasteiger partial charge in [-0.25, -0.2) is 0 Å². The molecule has 0 N–H and O–H groups in total. The van der Waals surface area contributed by atoms with E-state index in [1.54, 1.807) is 0 Å². The number of allylic oxidation sites excluding steroid dienone is 2. The molecule has 0 aromatic heterocycles. The van der Waals surface area contributed by atoms with Gasteiger partial charge in [0.2, 0.25) is 0 Å². The van der Waals surface area contributed by atoms with E-state index < -0.39 is 0 Å². The third-order valence-electron chi connectivity index (χ3n) is 8.06. The Kier molecular flexibility index (Phi) is 29.3. The average molecular weight is 549 g/mol. The van der Waals surface area contributed by atoms with Crippen molar-refractivity contribution in [2.75, 3.05) is 40.3 Å². The maximum Gasteiger partial charge on any atom is 0.105 e. The second kappa shape index (κ2) is 30.0. The van der Waals surface area contributed by atoms with Crippen molar-refractivity contribution in [1.29, 1.82) is 0 Å². The summed E-state index contributed by atoms with van der Waals surface area (Å²) in [5, 5.41) is 0. The summed E-state index contributed by atoms with van der Waals surface area (Å²) < 4.78 is 6.04. The largest absolute Gasteiger partial charge is 0.497 e. The summed E-state index contributed by atoms with van der Waals surface area (Å²) in [6, 6.07) is 0. The van der Waals surface area contributed by atoms with Crippen LogP contribution in [0.2, 0.25) is 0 Å². The number of rotatable bonds is 32. The van der Waals surface area contributed by atoms with Gasteiger partial charge in [-0.3, -0.25) is 0 Å². The second-order valence-electron chi connectivity index (χ2n) is 12.3. The third-order valence-corrected chi connectivity index (χ3v) is 8.06. The molecule has 0 fully saturated rings. The Morgan fingerprint density at radius 1 is 0.487 bits per heavy atom. The topological polar surface area (TPSA) is 15.7 Å². The fraction of sp³-hybridized carbons (Fsp3) is 0.889. The van der Waals surface area contributed by atoms with E-state index in [-0.39, 0.29) is 0 Å². The highest BCUT2D eigenvalue weighted by Gasteiger charge is 2.09. The Balaban J connectivity index is 3.88. The number of hydrogen-bond acceptors (Lipinski definition) is 3. The van der Waals surface area contributed by atoms with E-state index in [4.69, 9.17) is 4.74 Å². The van der Waals surface area contributed by atoms with E-state index in [2.05, 4.69) is 50.9 Å². The Bertz CT molecular complexity index is 530. The van der Waals surface area contributed by atoms with Crippen LogP contribution < -0.4 is 0 Å². The third kappa shape index (κ3) is 28.4. The molecule has 39 heavy (non-hydrogen) atoms. The molecule has 0 heterocycles. The number of likely N-dealkylation sites (N-methyl/N-ethyl adjacent to an activating group) is 1. The predicted molar refractivity (Wildman–Crippen MR) is 177 cm³/mol. The summed E-state index contributed by atoms with van der Waals surface area (Å²) >= 11 is 0. The maximum absolute atomic E-state index is 6.04. The van der Waals surface area contributed by atoms with Crippen LogP contribution in [-0.2, 0) is 4.74 Å². The summed E-state index contributed by atoms with van der Waals surface area (Å²) in [5.41, 5.74) is 1.28. The van der Waals surface area contributed by atoms with Gasteiger partial charge < -0.3 is 14.5 Å². The van der Waals surface area contributed by atoms with E-state index >= 15 is 0 Å². The van der Waals surface area contributed by atoms with Gasteiger partial charge in [0.1, 0.15) is 6.61 Å². The van der Waals surface area contributed by atoms with Crippen molar-refractivity contribution in [2.45, 2.75) is 168 Å². The van der Waals surface area contributed by atoms with E-state index in [9.17, 15) is 0 Å². The van der Waals surface area contributed by atoms with Gasteiger partial charge in [-0.1, -0.05) is 155 Å². The van der Waals surface area contributed by atoms with E-state index in [1.165, 1.54) is 147 Å². The van der Waals surface area contributed by atoms with E-state index in [0.29, 0.717) is 0 Å². The Hall–Kier alpha value is -0.960. The van der Waals surface area contributed by atoms with E-state index in [0.717, 1.165) is 44.8 Å². The molecule has 232 valence electrons. The van der Waals surface area contributed by atoms with Crippen LogP contribution in [0.15, 0.2) is 24.6 Å². The Labute approximate surface area is 247 Å². The summed E-state index contributed by atoms with van der Waals surface area (Å²) in [4.78, 5) is 4.71. The standard InChI is InChI=1S/C36H72N2O/c1-7-9-11-13-15-17-19-21-23-25-27-29-35(3)38(32-31-37(5)6)33-34-39-36(4)30-28-26-24-22-20-18-16-14-12-10-8-2/h3-4,7-34H2,1-2,5-6H3. The fourth-order valence-corrected chi connectivity index (χ4v) is 5.26. The van der Waals surface area contributed by atoms with Crippen LogP contribution >= 0.6 is 0 Å². The van der Waals surface area contributed by atoms with Crippen LogP contribution in [0.5, 0.6) is 0 Å². The van der Waals surface area contributed by atoms with Crippen LogP contribution in [0.3, 0.4) is 0 Å². The SMILES string of the molecule is C=C(CCCCCCCCCCCCC)OCCN(CCN(C)C)C(=C)CCCCCCCCCCCCC. The lowest BCUT2D eigenvalue weighted by molar-refractivity contribution is 0.161. The van der Waals surface area contributed by atoms with Gasteiger partial charge in [-0.2, -0.15) is 0 Å². The molecule has 3 nitrogen and oxygen atoms in total. The van der Waals surface area contributed by atoms with Crippen molar-refractivity contribution < 1.29 is 4.74 Å². The highest BCUT2D eigenvalue weighted by Crippen LogP contribution is 2.17. The first-order valence-corrected chi connectivity index (χ1v) is 17.4. The molecule has 0 rings (SSSR count). The smallest absolute Gasteiger partial charge is 0.105 e. The monoisotopic (exact) mass is 549 g/mol. The molecule has 0 aliphatic rings. The molecule has 3 heteroatoms. The minimum Gasteiger partial charge on any atom is -0.497 e. The van der Waals surface area contributed by atoms with Gasteiger partial charge in [0.15, 0.2) is 0 Å². The molecule has 0 spiro atoms. The van der Waals surface area contributed by atoms with Gasteiger partial charge in [0.25, 0.3) is 0 Å². The molecular weight excluding hydrogens is 476 g/mol. The molecule has 0 aromatic carbocycles. The molecule has 0 saturated carbocycles. The van der Waals surface area contributed by atoms with Crippen LogP contribution in [0, 0.1) is 0 Å². The quantitative estimate of drug-likeness (QED) is 0.0614. The molecule has 0 unspecified atom stereocenters. The zero-order chi connectivity index (χ0) is 28.8. The number of unbranched alkanes of at least 4 members (excludes halogenated alkanes) is 20. The Morgan fingerprint density at radius 3 is 1.28 bits per heavy atom. The zero-order valence-electron chi connectivity index (χ0n) is 27.5. The summed E-state index contributed by atoms with van der Waals surface area (Å²) in [5.74, 6) is 0.967. The van der Waals surface area contributed by atoms with Gasteiger partial charge >= 0.3 is 0 Å². The first-order chi connectivity index (χ1) is 19.0. The lowest BCUT2D eigenvalue weighted by Crippen LogP contribution is -2.33. The molecule has 0 aliphatic carbocycles. The van der Waals surface area contributed by atoms with Gasteiger partial charge in [0, 0.05) is 25.2 Å². The van der Waals surface area contributed by atoms with Crippen LogP contribution in [0.4, 0.5) is 0 Å². The normalized spacial score (nSPS) is 11.3. The molecular formula is C36H72N2O. The number of hydrogen-bond donors (Lipinski definition) is 0. The van der Waals surface area contributed by atoms with Gasteiger partial charge in [0.05, 0.1) is 12.3 Å². The Morgan fingerprint density at radius 2 is 0.872 bits per heavy atom. The molecule has 0 bridgehead atoms. The van der Waals surface area contributed by atoms with Crippen molar-refractivity contribution in [3.05, 3.63) is 24.6 Å². The minimum atomic E-state index is 0.724. The maximum atomic E-state index is 6.04. The van der Waals surface area contributed by atoms with Crippen molar-refractivity contribution in [1.82, 2.24) is 9.80 Å². The molecule has 0 aromatic rings. The highest BCUT2D eigenvalue weighted by molar-refractivity contribution is 4.94. The summed E-state index contributed by atoms with van der Waals surface area (Å²) in [6.45, 7) is 16.9. The lowest BCUT2D eigenvalue weighted by atomic mass is 10.0. The van der Waals surface area contributed by atoms with Crippen molar-refractivity contribution in [3.63, 3.8) is 0 Å². The molecule has 0 radical (unpaired) electrons. The molecule has 0 atom stereocenters. The molecule has 0 saturated heterocycles. The van der Waals surface area contributed by atoms with Crippen molar-refractivity contribution >= 4 is 0 Å². The first-order valence-electron chi connectivity index (χ1n) is 17.4. The van der Waals surface area contributed by atoms with Crippen LogP contribution in [-0.4, -0.2) is 50.1 Å². The van der Waals surface area contributed by atoms with E-state index in [1.807, 2.05) is 0 Å². The zero-order valence-corrected chi connectivity index (χ0v) is 27.5.